The fourth-order valence-electron chi connectivity index (χ4n) is 0.431. The molecule has 0 atom stereocenters. The molecule has 0 aromatic rings. The third-order valence-electron chi connectivity index (χ3n) is 1.01. The van der Waals surface area contributed by atoms with Crippen LogP contribution in [0, 0.1) is 5.41 Å². The van der Waals surface area contributed by atoms with Gasteiger partial charge in [0.2, 0.25) is 0 Å². The van der Waals surface area contributed by atoms with Crippen molar-refractivity contribution in [2.45, 2.75) is 40.4 Å². The van der Waals surface area contributed by atoms with Gasteiger partial charge < -0.3 is 0 Å². The SMILES string of the molecule is CC(C)(C)C(=[Se])O[Si](C)(C)C. The third kappa shape index (κ3) is 5.65. The van der Waals surface area contributed by atoms with Crippen molar-refractivity contribution in [1.82, 2.24) is 0 Å². The molecule has 0 rings (SSSR count). The van der Waals surface area contributed by atoms with Crippen LogP contribution in [0.2, 0.25) is 19.6 Å². The molecule has 0 aromatic carbocycles. The molecule has 0 spiro atoms. The van der Waals surface area contributed by atoms with Gasteiger partial charge in [-0.05, 0) is 0 Å². The summed E-state index contributed by atoms with van der Waals surface area (Å²) in [5, 5.41) is 0. The van der Waals surface area contributed by atoms with Crippen LogP contribution in [0.3, 0.4) is 0 Å². The summed E-state index contributed by atoms with van der Waals surface area (Å²) in [6, 6.07) is 0. The van der Waals surface area contributed by atoms with Crippen LogP contribution in [0.4, 0.5) is 0 Å². The van der Waals surface area contributed by atoms with Crippen molar-refractivity contribution in [2.75, 3.05) is 0 Å². The van der Waals surface area contributed by atoms with E-state index in [0.29, 0.717) is 0 Å². The van der Waals surface area contributed by atoms with Gasteiger partial charge >= 0.3 is 78.7 Å². The van der Waals surface area contributed by atoms with Crippen molar-refractivity contribution in [2.24, 2.45) is 5.41 Å². The molecule has 0 radical (unpaired) electrons. The first kappa shape index (κ1) is 11.4. The van der Waals surface area contributed by atoms with Crippen molar-refractivity contribution >= 4 is 28.5 Å². The van der Waals surface area contributed by atoms with E-state index < -0.39 is 8.32 Å². The quantitative estimate of drug-likeness (QED) is 0.669. The molecule has 0 amide bonds. The molecular weight excluding hydrogens is 219 g/mol. The van der Waals surface area contributed by atoms with E-state index in [1.165, 1.54) is 0 Å². The molecule has 0 N–H and O–H groups in total. The molecule has 1 nitrogen and oxygen atoms in total. The summed E-state index contributed by atoms with van der Waals surface area (Å²) in [7, 11) is -1.40. The second-order valence-corrected chi connectivity index (χ2v) is 9.96. The Morgan fingerprint density at radius 3 is 1.64 bits per heavy atom. The van der Waals surface area contributed by atoms with Gasteiger partial charge in [-0.1, -0.05) is 0 Å². The molecule has 11 heavy (non-hydrogen) atoms. The van der Waals surface area contributed by atoms with Crippen LogP contribution >= 0.6 is 0 Å². The topological polar surface area (TPSA) is 9.23 Å². The van der Waals surface area contributed by atoms with Crippen LogP contribution in [0.15, 0.2) is 0 Å². The first-order valence-corrected chi connectivity index (χ1v) is 8.13. The minimum atomic E-state index is -1.40. The Morgan fingerprint density at radius 1 is 1.18 bits per heavy atom. The third-order valence-corrected chi connectivity index (χ3v) is 3.62. The molecule has 0 aliphatic heterocycles. The Bertz CT molecular complexity index is 152. The molecule has 66 valence electrons. The Balaban J connectivity index is 4.11. The van der Waals surface area contributed by atoms with Gasteiger partial charge in [0, 0.05) is 0 Å². The Labute approximate surface area is 79.0 Å². The molecule has 0 aliphatic rings. The average molecular weight is 237 g/mol. The van der Waals surface area contributed by atoms with Crippen molar-refractivity contribution < 1.29 is 4.43 Å². The predicted molar refractivity (Wildman–Crippen MR) is 54.6 cm³/mol. The summed E-state index contributed by atoms with van der Waals surface area (Å²) < 4.78 is 6.84. The Hall–Kier alpha value is 0.406. The van der Waals surface area contributed by atoms with Gasteiger partial charge in [0.15, 0.2) is 0 Å². The van der Waals surface area contributed by atoms with E-state index in [9.17, 15) is 0 Å². The summed E-state index contributed by atoms with van der Waals surface area (Å²) in [5.41, 5.74) is 0.139. The molecule has 3 heteroatoms. The van der Waals surface area contributed by atoms with Crippen LogP contribution in [-0.4, -0.2) is 28.5 Å². The second kappa shape index (κ2) is 3.42. The van der Waals surface area contributed by atoms with Gasteiger partial charge in [0.1, 0.15) is 0 Å². The summed E-state index contributed by atoms with van der Waals surface area (Å²) in [6.07, 6.45) is 0. The van der Waals surface area contributed by atoms with Crippen molar-refractivity contribution in [3.8, 4) is 0 Å². The van der Waals surface area contributed by atoms with E-state index in [1.807, 2.05) is 0 Å². The monoisotopic (exact) mass is 238 g/mol. The standard InChI is InChI=1S/C8H18OSeSi/c1-8(2,3)7(10)9-11(4,5)6/h1-6H3. The van der Waals surface area contributed by atoms with E-state index in [-0.39, 0.29) is 5.41 Å². The van der Waals surface area contributed by atoms with E-state index in [0.717, 1.165) is 4.60 Å². The van der Waals surface area contributed by atoms with Crippen molar-refractivity contribution in [3.63, 3.8) is 0 Å². The molecule has 0 heterocycles. The molecule has 0 aliphatic carbocycles. The van der Waals surface area contributed by atoms with Crippen molar-refractivity contribution in [1.29, 1.82) is 0 Å². The zero-order chi connectivity index (χ0) is 9.28. The summed E-state index contributed by atoms with van der Waals surface area (Å²) in [6.45, 7) is 13.0. The molecular formula is C8H18OSeSi. The average Bonchev–Trinajstić information content (AvgIpc) is 1.56. The first-order valence-electron chi connectivity index (χ1n) is 3.86. The van der Waals surface area contributed by atoms with Crippen LogP contribution < -0.4 is 0 Å². The molecule has 0 saturated heterocycles. The number of hydrogen-bond acceptors (Lipinski definition) is 1. The maximum atomic E-state index is 5.80. The number of hydrogen-bond donors (Lipinski definition) is 0. The molecule has 0 saturated carbocycles. The molecule has 0 fully saturated rings. The summed E-state index contributed by atoms with van der Waals surface area (Å²) in [5.74, 6) is 0. The van der Waals surface area contributed by atoms with Crippen molar-refractivity contribution in [3.05, 3.63) is 0 Å². The zero-order valence-corrected chi connectivity index (χ0v) is 11.0. The van der Waals surface area contributed by atoms with Gasteiger partial charge in [-0.25, -0.2) is 0 Å². The fraction of sp³-hybridized carbons (Fsp3) is 0.875. The van der Waals surface area contributed by atoms with Crippen LogP contribution in [0.25, 0.3) is 0 Å². The van der Waals surface area contributed by atoms with Gasteiger partial charge in [0.05, 0.1) is 0 Å². The van der Waals surface area contributed by atoms with Gasteiger partial charge in [0.25, 0.3) is 0 Å². The van der Waals surface area contributed by atoms with E-state index in [1.54, 1.807) is 0 Å². The Morgan fingerprint density at radius 2 is 1.55 bits per heavy atom. The predicted octanol–water partition coefficient (Wildman–Crippen LogP) is 2.18. The minimum absolute atomic E-state index is 0.139. The normalized spacial score (nSPS) is 12.9. The van der Waals surface area contributed by atoms with E-state index in [2.05, 4.69) is 56.0 Å². The van der Waals surface area contributed by atoms with Gasteiger partial charge in [-0.15, -0.1) is 0 Å². The number of rotatable bonds is 2. The van der Waals surface area contributed by atoms with Crippen LogP contribution in [0.5, 0.6) is 0 Å². The first-order chi connectivity index (χ1) is 4.63. The summed E-state index contributed by atoms with van der Waals surface area (Å²) in [4.78, 5) is 0. The van der Waals surface area contributed by atoms with Gasteiger partial charge in [-0.3, -0.25) is 0 Å². The van der Waals surface area contributed by atoms with Crippen LogP contribution in [-0.2, 0) is 4.43 Å². The summed E-state index contributed by atoms with van der Waals surface area (Å²) >= 11 is 3.00. The van der Waals surface area contributed by atoms with E-state index in [4.69, 9.17) is 4.43 Å². The van der Waals surface area contributed by atoms with Crippen LogP contribution in [0.1, 0.15) is 20.8 Å². The molecule has 0 bridgehead atoms. The Kier molecular flexibility index (Phi) is 3.55. The maximum absolute atomic E-state index is 5.80. The zero-order valence-electron chi connectivity index (χ0n) is 8.32. The molecule has 0 aromatic heterocycles. The molecule has 0 unspecified atom stereocenters. The van der Waals surface area contributed by atoms with Gasteiger partial charge in [-0.2, -0.15) is 0 Å². The second-order valence-electron chi connectivity index (χ2n) is 4.75. The fourth-order valence-corrected chi connectivity index (χ4v) is 2.87. The van der Waals surface area contributed by atoms with E-state index >= 15 is 0 Å².